The standard InChI is InChI=1S/C13H29NOSi/c1-11(12-7-8-14-9-12)10-15-16(5,6)13(2,3)4/h11-12,14H,7-10H2,1-6H3/t11-,12?/m1/s1. The van der Waals surface area contributed by atoms with E-state index in [1.54, 1.807) is 0 Å². The van der Waals surface area contributed by atoms with Crippen molar-refractivity contribution < 1.29 is 4.43 Å². The molecule has 0 amide bonds. The Morgan fingerprint density at radius 1 is 1.38 bits per heavy atom. The van der Waals surface area contributed by atoms with Crippen LogP contribution < -0.4 is 5.32 Å². The predicted molar refractivity (Wildman–Crippen MR) is 73.3 cm³/mol. The first kappa shape index (κ1) is 14.2. The molecule has 0 aromatic rings. The van der Waals surface area contributed by atoms with Crippen molar-refractivity contribution in [3.8, 4) is 0 Å². The fourth-order valence-electron chi connectivity index (χ4n) is 1.86. The Kier molecular flexibility index (Phi) is 4.61. The first-order chi connectivity index (χ1) is 7.24. The highest BCUT2D eigenvalue weighted by Gasteiger charge is 2.37. The maximum absolute atomic E-state index is 6.28. The molecule has 1 aliphatic heterocycles. The second-order valence-corrected chi connectivity index (χ2v) is 11.6. The van der Waals surface area contributed by atoms with Crippen LogP contribution >= 0.6 is 0 Å². The van der Waals surface area contributed by atoms with Gasteiger partial charge in [-0.25, -0.2) is 0 Å². The lowest BCUT2D eigenvalue weighted by Gasteiger charge is -2.37. The van der Waals surface area contributed by atoms with Gasteiger partial charge in [-0.05, 0) is 49.5 Å². The minimum atomic E-state index is -1.54. The monoisotopic (exact) mass is 243 g/mol. The van der Waals surface area contributed by atoms with Gasteiger partial charge >= 0.3 is 0 Å². The van der Waals surface area contributed by atoms with Crippen molar-refractivity contribution in [1.82, 2.24) is 5.32 Å². The summed E-state index contributed by atoms with van der Waals surface area (Å²) in [6, 6.07) is 0. The summed E-state index contributed by atoms with van der Waals surface area (Å²) < 4.78 is 6.28. The molecular weight excluding hydrogens is 214 g/mol. The Morgan fingerprint density at radius 3 is 2.44 bits per heavy atom. The van der Waals surface area contributed by atoms with Crippen LogP contribution in [0.3, 0.4) is 0 Å². The third-order valence-corrected chi connectivity index (χ3v) is 8.92. The average molecular weight is 243 g/mol. The Hall–Kier alpha value is 0.137. The van der Waals surface area contributed by atoms with E-state index in [1.807, 2.05) is 0 Å². The summed E-state index contributed by atoms with van der Waals surface area (Å²) in [5.74, 6) is 1.52. The van der Waals surface area contributed by atoms with Gasteiger partial charge in [-0.2, -0.15) is 0 Å². The van der Waals surface area contributed by atoms with Gasteiger partial charge in [0.2, 0.25) is 0 Å². The minimum Gasteiger partial charge on any atom is -0.417 e. The fraction of sp³-hybridized carbons (Fsp3) is 1.00. The van der Waals surface area contributed by atoms with Gasteiger partial charge in [-0.3, -0.25) is 0 Å². The van der Waals surface area contributed by atoms with Crippen molar-refractivity contribution in [3.63, 3.8) is 0 Å². The minimum absolute atomic E-state index is 0.334. The van der Waals surface area contributed by atoms with Crippen LogP contribution in [0.15, 0.2) is 0 Å². The van der Waals surface area contributed by atoms with Crippen LogP contribution in [0.4, 0.5) is 0 Å². The van der Waals surface area contributed by atoms with Gasteiger partial charge in [0.15, 0.2) is 8.32 Å². The lowest BCUT2D eigenvalue weighted by molar-refractivity contribution is 0.198. The van der Waals surface area contributed by atoms with E-state index in [1.165, 1.54) is 19.5 Å². The molecule has 1 heterocycles. The molecule has 1 aliphatic rings. The van der Waals surface area contributed by atoms with Crippen LogP contribution in [-0.2, 0) is 4.43 Å². The van der Waals surface area contributed by atoms with E-state index in [2.05, 4.69) is 46.1 Å². The summed E-state index contributed by atoms with van der Waals surface area (Å²) in [6.07, 6.45) is 1.32. The van der Waals surface area contributed by atoms with Crippen LogP contribution in [0, 0.1) is 11.8 Å². The molecule has 3 heteroatoms. The zero-order valence-electron chi connectivity index (χ0n) is 11.9. The largest absolute Gasteiger partial charge is 0.417 e. The summed E-state index contributed by atoms with van der Waals surface area (Å²) in [4.78, 5) is 0. The Balaban J connectivity index is 2.38. The van der Waals surface area contributed by atoms with E-state index < -0.39 is 8.32 Å². The SMILES string of the molecule is C[C@H](CO[Si](C)(C)C(C)(C)C)C1CCNC1. The van der Waals surface area contributed by atoms with Crippen molar-refractivity contribution >= 4 is 8.32 Å². The Morgan fingerprint density at radius 2 is 2.00 bits per heavy atom. The summed E-state index contributed by atoms with van der Waals surface area (Å²) in [7, 11) is -1.54. The molecule has 0 spiro atoms. The topological polar surface area (TPSA) is 21.3 Å². The Labute approximate surface area is 102 Å². The highest BCUT2D eigenvalue weighted by atomic mass is 28.4. The second kappa shape index (κ2) is 5.19. The third-order valence-electron chi connectivity index (χ3n) is 4.42. The molecule has 2 nitrogen and oxygen atoms in total. The molecule has 0 aromatic carbocycles. The van der Waals surface area contributed by atoms with E-state index in [0.717, 1.165) is 12.5 Å². The van der Waals surface area contributed by atoms with Crippen LogP contribution in [0.2, 0.25) is 18.1 Å². The molecule has 0 aliphatic carbocycles. The normalized spacial score (nSPS) is 24.8. The van der Waals surface area contributed by atoms with Gasteiger partial charge in [0.25, 0.3) is 0 Å². The fourth-order valence-corrected chi connectivity index (χ4v) is 2.97. The highest BCUT2D eigenvalue weighted by Crippen LogP contribution is 2.37. The zero-order chi connectivity index (χ0) is 12.4. The van der Waals surface area contributed by atoms with Gasteiger partial charge in [-0.1, -0.05) is 27.7 Å². The summed E-state index contributed by atoms with van der Waals surface area (Å²) in [6.45, 7) is 17.3. The van der Waals surface area contributed by atoms with E-state index in [4.69, 9.17) is 4.43 Å². The zero-order valence-corrected chi connectivity index (χ0v) is 12.9. The van der Waals surface area contributed by atoms with Gasteiger partial charge in [0.05, 0.1) is 0 Å². The van der Waals surface area contributed by atoms with Crippen molar-refractivity contribution in [2.75, 3.05) is 19.7 Å². The van der Waals surface area contributed by atoms with E-state index in [0.29, 0.717) is 11.0 Å². The molecule has 0 bridgehead atoms. The molecule has 96 valence electrons. The Bertz CT molecular complexity index is 216. The highest BCUT2D eigenvalue weighted by molar-refractivity contribution is 6.74. The third kappa shape index (κ3) is 3.57. The van der Waals surface area contributed by atoms with Gasteiger partial charge in [0, 0.05) is 6.61 Å². The lowest BCUT2D eigenvalue weighted by atomic mass is 9.94. The molecule has 16 heavy (non-hydrogen) atoms. The maximum Gasteiger partial charge on any atom is 0.191 e. The molecule has 1 unspecified atom stereocenters. The van der Waals surface area contributed by atoms with Crippen molar-refractivity contribution in [2.24, 2.45) is 11.8 Å². The number of rotatable bonds is 4. The average Bonchev–Trinajstić information content (AvgIpc) is 2.65. The van der Waals surface area contributed by atoms with E-state index in [9.17, 15) is 0 Å². The molecule has 1 N–H and O–H groups in total. The molecule has 0 saturated carbocycles. The quantitative estimate of drug-likeness (QED) is 0.765. The number of hydrogen-bond acceptors (Lipinski definition) is 2. The predicted octanol–water partition coefficient (Wildman–Crippen LogP) is 3.25. The molecule has 1 rings (SSSR count). The first-order valence-electron chi connectivity index (χ1n) is 6.59. The maximum atomic E-state index is 6.28. The number of nitrogens with one attached hydrogen (secondary N) is 1. The van der Waals surface area contributed by atoms with Gasteiger partial charge in [0.1, 0.15) is 0 Å². The van der Waals surface area contributed by atoms with Crippen molar-refractivity contribution in [2.45, 2.75) is 52.2 Å². The van der Waals surface area contributed by atoms with Crippen LogP contribution in [0.5, 0.6) is 0 Å². The van der Waals surface area contributed by atoms with Crippen molar-refractivity contribution in [3.05, 3.63) is 0 Å². The van der Waals surface area contributed by atoms with Crippen molar-refractivity contribution in [1.29, 1.82) is 0 Å². The summed E-state index contributed by atoms with van der Waals surface area (Å²) in [5, 5.41) is 3.77. The molecule has 1 fully saturated rings. The summed E-state index contributed by atoms with van der Waals surface area (Å²) >= 11 is 0. The first-order valence-corrected chi connectivity index (χ1v) is 9.49. The lowest BCUT2D eigenvalue weighted by Crippen LogP contribution is -2.42. The van der Waals surface area contributed by atoms with Crippen LogP contribution in [0.1, 0.15) is 34.1 Å². The van der Waals surface area contributed by atoms with E-state index in [-0.39, 0.29) is 0 Å². The molecule has 1 saturated heterocycles. The van der Waals surface area contributed by atoms with E-state index >= 15 is 0 Å². The van der Waals surface area contributed by atoms with Gasteiger partial charge < -0.3 is 9.74 Å². The van der Waals surface area contributed by atoms with Gasteiger partial charge in [-0.15, -0.1) is 0 Å². The smallest absolute Gasteiger partial charge is 0.191 e. The molecule has 0 aromatic heterocycles. The van der Waals surface area contributed by atoms with Crippen LogP contribution in [0.25, 0.3) is 0 Å². The number of hydrogen-bond donors (Lipinski definition) is 1. The van der Waals surface area contributed by atoms with Crippen LogP contribution in [-0.4, -0.2) is 28.0 Å². The molecule has 2 atom stereocenters. The molecule has 0 radical (unpaired) electrons. The summed E-state index contributed by atoms with van der Waals surface area (Å²) in [5.41, 5.74) is 0. The second-order valence-electron chi connectivity index (χ2n) is 6.80. The molecular formula is C13H29NOSi.